The Kier molecular flexibility index (Phi) is 6.13. The molecule has 0 bridgehead atoms. The smallest absolute Gasteiger partial charge is 0.124 e. The van der Waals surface area contributed by atoms with Crippen LogP contribution in [0, 0.1) is 0 Å². The highest BCUT2D eigenvalue weighted by Gasteiger charge is 2.03. The third-order valence-electron chi connectivity index (χ3n) is 3.59. The molecule has 2 rings (SSSR count). The summed E-state index contributed by atoms with van der Waals surface area (Å²) < 4.78 is 5.87. The topological polar surface area (TPSA) is 24.5 Å². The monoisotopic (exact) mass is 298 g/mol. The fraction of sp³-hybridized carbons (Fsp3) is 0.368. The summed E-state index contributed by atoms with van der Waals surface area (Å²) in [6.07, 6.45) is 2.24. The van der Waals surface area contributed by atoms with Crippen LogP contribution in [-0.2, 0) is 6.54 Å². The summed E-state index contributed by atoms with van der Waals surface area (Å²) in [6, 6.07) is 16.7. The normalized spacial score (nSPS) is 10.3. The zero-order chi connectivity index (χ0) is 15.8. The number of hydrogen-bond acceptors (Lipinski definition) is 3. The maximum absolute atomic E-state index is 5.87. The van der Waals surface area contributed by atoms with Crippen molar-refractivity contribution in [1.29, 1.82) is 0 Å². The van der Waals surface area contributed by atoms with Crippen molar-refractivity contribution < 1.29 is 4.74 Å². The van der Waals surface area contributed by atoms with Crippen LogP contribution in [0.15, 0.2) is 48.5 Å². The third kappa shape index (κ3) is 4.69. The van der Waals surface area contributed by atoms with E-state index in [0.717, 1.165) is 37.4 Å². The van der Waals surface area contributed by atoms with Gasteiger partial charge in [-0.1, -0.05) is 31.5 Å². The minimum Gasteiger partial charge on any atom is -0.493 e. The van der Waals surface area contributed by atoms with Crippen molar-refractivity contribution >= 4 is 11.4 Å². The fourth-order valence-corrected chi connectivity index (χ4v) is 2.19. The van der Waals surface area contributed by atoms with Crippen LogP contribution < -0.4 is 15.0 Å². The van der Waals surface area contributed by atoms with Gasteiger partial charge in [0.25, 0.3) is 0 Å². The van der Waals surface area contributed by atoms with E-state index >= 15 is 0 Å². The molecule has 0 aromatic heterocycles. The zero-order valence-electron chi connectivity index (χ0n) is 13.8. The van der Waals surface area contributed by atoms with Gasteiger partial charge < -0.3 is 15.0 Å². The second-order valence-electron chi connectivity index (χ2n) is 5.60. The Morgan fingerprint density at radius 1 is 1.00 bits per heavy atom. The fourth-order valence-electron chi connectivity index (χ4n) is 2.19. The summed E-state index contributed by atoms with van der Waals surface area (Å²) in [5, 5.41) is 3.46. The molecule has 0 amide bonds. The molecule has 0 aliphatic rings. The number of nitrogens with zero attached hydrogens (tertiary/aromatic N) is 1. The molecule has 0 aliphatic heterocycles. The van der Waals surface area contributed by atoms with Crippen molar-refractivity contribution in [2.45, 2.75) is 26.3 Å². The summed E-state index contributed by atoms with van der Waals surface area (Å²) >= 11 is 0. The maximum atomic E-state index is 5.87. The van der Waals surface area contributed by atoms with Crippen molar-refractivity contribution in [3.05, 3.63) is 54.1 Å². The second kappa shape index (κ2) is 8.32. The lowest BCUT2D eigenvalue weighted by Crippen LogP contribution is -2.08. The number of unbranched alkanes of at least 4 members (excludes halogenated alkanes) is 1. The lowest BCUT2D eigenvalue weighted by Gasteiger charge is -2.15. The SMILES string of the molecule is CCCCOc1ccccc1CNc1ccc(N(C)C)cc1. The van der Waals surface area contributed by atoms with E-state index in [-0.39, 0.29) is 0 Å². The molecule has 0 saturated heterocycles. The Morgan fingerprint density at radius 3 is 2.41 bits per heavy atom. The van der Waals surface area contributed by atoms with E-state index in [0.29, 0.717) is 0 Å². The van der Waals surface area contributed by atoms with Crippen LogP contribution in [0.25, 0.3) is 0 Å². The largest absolute Gasteiger partial charge is 0.493 e. The number of anilines is 2. The van der Waals surface area contributed by atoms with Crippen molar-refractivity contribution in [2.75, 3.05) is 30.9 Å². The number of nitrogens with one attached hydrogen (secondary N) is 1. The number of benzene rings is 2. The Labute approximate surface area is 133 Å². The van der Waals surface area contributed by atoms with Crippen LogP contribution in [0.4, 0.5) is 11.4 Å². The molecule has 0 saturated carbocycles. The Balaban J connectivity index is 1.96. The van der Waals surface area contributed by atoms with Crippen LogP contribution in [0.1, 0.15) is 25.3 Å². The lowest BCUT2D eigenvalue weighted by molar-refractivity contribution is 0.306. The van der Waals surface area contributed by atoms with Gasteiger partial charge in [-0.25, -0.2) is 0 Å². The van der Waals surface area contributed by atoms with Gasteiger partial charge >= 0.3 is 0 Å². The summed E-state index contributed by atoms with van der Waals surface area (Å²) in [4.78, 5) is 2.10. The first-order valence-electron chi connectivity index (χ1n) is 7.92. The van der Waals surface area contributed by atoms with Gasteiger partial charge in [0.05, 0.1) is 6.61 Å². The van der Waals surface area contributed by atoms with Crippen molar-refractivity contribution in [3.63, 3.8) is 0 Å². The van der Waals surface area contributed by atoms with Crippen LogP contribution in [0.3, 0.4) is 0 Å². The highest BCUT2D eigenvalue weighted by atomic mass is 16.5. The predicted molar refractivity (Wildman–Crippen MR) is 94.9 cm³/mol. The molecular weight excluding hydrogens is 272 g/mol. The molecule has 0 atom stereocenters. The zero-order valence-corrected chi connectivity index (χ0v) is 13.8. The Hall–Kier alpha value is -2.16. The quantitative estimate of drug-likeness (QED) is 0.724. The minimum atomic E-state index is 0.767. The first-order valence-corrected chi connectivity index (χ1v) is 7.92. The van der Waals surface area contributed by atoms with E-state index in [1.54, 1.807) is 0 Å². The Morgan fingerprint density at radius 2 is 1.73 bits per heavy atom. The van der Waals surface area contributed by atoms with E-state index in [9.17, 15) is 0 Å². The van der Waals surface area contributed by atoms with E-state index in [1.165, 1.54) is 11.3 Å². The molecule has 0 aliphatic carbocycles. The van der Waals surface area contributed by atoms with Crippen molar-refractivity contribution in [3.8, 4) is 5.75 Å². The van der Waals surface area contributed by atoms with E-state index in [2.05, 4.69) is 53.5 Å². The molecular formula is C19H26N2O. The molecule has 0 fully saturated rings. The highest BCUT2D eigenvalue weighted by molar-refractivity contribution is 5.54. The average molecular weight is 298 g/mol. The summed E-state index contributed by atoms with van der Waals surface area (Å²) in [6.45, 7) is 3.73. The number of hydrogen-bond donors (Lipinski definition) is 1. The number of rotatable bonds is 8. The predicted octanol–water partition coefficient (Wildman–Crippen LogP) is 4.54. The van der Waals surface area contributed by atoms with Crippen LogP contribution in [-0.4, -0.2) is 20.7 Å². The van der Waals surface area contributed by atoms with Crippen molar-refractivity contribution in [1.82, 2.24) is 0 Å². The minimum absolute atomic E-state index is 0.767. The second-order valence-corrected chi connectivity index (χ2v) is 5.60. The summed E-state index contributed by atoms with van der Waals surface area (Å²) in [5.41, 5.74) is 3.51. The summed E-state index contributed by atoms with van der Waals surface area (Å²) in [7, 11) is 4.10. The molecule has 3 nitrogen and oxygen atoms in total. The van der Waals surface area contributed by atoms with Gasteiger partial charge in [0.2, 0.25) is 0 Å². The van der Waals surface area contributed by atoms with Gasteiger partial charge in [-0.3, -0.25) is 0 Å². The highest BCUT2D eigenvalue weighted by Crippen LogP contribution is 2.21. The first kappa shape index (κ1) is 16.2. The third-order valence-corrected chi connectivity index (χ3v) is 3.59. The number of ether oxygens (including phenoxy) is 1. The maximum Gasteiger partial charge on any atom is 0.124 e. The van der Waals surface area contributed by atoms with Gasteiger partial charge in [-0.15, -0.1) is 0 Å². The number of para-hydroxylation sites is 1. The van der Waals surface area contributed by atoms with E-state index in [1.807, 2.05) is 26.2 Å². The molecule has 22 heavy (non-hydrogen) atoms. The molecule has 0 unspecified atom stereocenters. The van der Waals surface area contributed by atoms with Gasteiger partial charge in [0.1, 0.15) is 5.75 Å². The molecule has 0 heterocycles. The van der Waals surface area contributed by atoms with Gasteiger partial charge in [0, 0.05) is 37.6 Å². The van der Waals surface area contributed by atoms with Gasteiger partial charge in [0.15, 0.2) is 0 Å². The average Bonchev–Trinajstić information content (AvgIpc) is 2.54. The molecule has 2 aromatic rings. The Bertz CT molecular complexity index is 564. The standard InChI is InChI=1S/C19H26N2O/c1-4-5-14-22-19-9-7-6-8-16(19)15-20-17-10-12-18(13-11-17)21(2)3/h6-13,20H,4-5,14-15H2,1-3H3. The van der Waals surface area contributed by atoms with E-state index < -0.39 is 0 Å². The van der Waals surface area contributed by atoms with Crippen LogP contribution in [0.5, 0.6) is 5.75 Å². The molecule has 2 aromatic carbocycles. The molecule has 1 N–H and O–H groups in total. The first-order chi connectivity index (χ1) is 10.7. The molecule has 3 heteroatoms. The molecule has 0 spiro atoms. The molecule has 0 radical (unpaired) electrons. The van der Waals surface area contributed by atoms with E-state index in [4.69, 9.17) is 4.74 Å². The van der Waals surface area contributed by atoms with Crippen LogP contribution in [0.2, 0.25) is 0 Å². The van der Waals surface area contributed by atoms with Crippen molar-refractivity contribution in [2.24, 2.45) is 0 Å². The molecule has 118 valence electrons. The van der Waals surface area contributed by atoms with Gasteiger partial charge in [-0.05, 0) is 36.8 Å². The van der Waals surface area contributed by atoms with Crippen LogP contribution >= 0.6 is 0 Å². The lowest BCUT2D eigenvalue weighted by atomic mass is 10.2. The summed E-state index contributed by atoms with van der Waals surface area (Å²) in [5.74, 6) is 0.980. The van der Waals surface area contributed by atoms with Gasteiger partial charge in [-0.2, -0.15) is 0 Å².